The summed E-state index contributed by atoms with van der Waals surface area (Å²) in [5.74, 6) is -0.544. The highest BCUT2D eigenvalue weighted by Crippen LogP contribution is 2.31. The Morgan fingerprint density at radius 1 is 0.942 bits per heavy atom. The summed E-state index contributed by atoms with van der Waals surface area (Å²) in [6, 6.07) is 7.66. The Morgan fingerprint density at radius 2 is 1.56 bits per heavy atom. The van der Waals surface area contributed by atoms with Crippen molar-refractivity contribution in [3.8, 4) is 0 Å². The standard InChI is InChI=1S/C41H71N5O6/c1-15-27(6)37(45(12)30(9)35(25(2)3)43-41(50)36(26(4)5)44(10)11)33(51-13)24-34(47)46-23-19-22-32(46)39(52-14)28(7)40(49)42-29(8)38(48)31-20-17-16-18-21-31/h16-18,20-21,25-29,32-33,35-39,48H,9,15,19,22-24H2,1-8,10-14H3,(H,42,49)(H,43,50)/t27?,28-,29-,32+,33?,35+,36+,37+,38?,39-/m1/s1. The van der Waals surface area contributed by atoms with E-state index in [1.54, 1.807) is 21.1 Å². The summed E-state index contributed by atoms with van der Waals surface area (Å²) in [4.78, 5) is 47.1. The Labute approximate surface area is 314 Å². The summed E-state index contributed by atoms with van der Waals surface area (Å²) in [7, 11) is 9.05. The maximum absolute atomic E-state index is 14.2. The fraction of sp³-hybridized carbons (Fsp3) is 0.732. The van der Waals surface area contributed by atoms with Gasteiger partial charge in [0.25, 0.3) is 0 Å². The van der Waals surface area contributed by atoms with E-state index in [1.807, 2.05) is 82.0 Å². The van der Waals surface area contributed by atoms with Gasteiger partial charge in [-0.05, 0) is 57.2 Å². The van der Waals surface area contributed by atoms with Gasteiger partial charge in [-0.2, -0.15) is 0 Å². The van der Waals surface area contributed by atoms with Crippen LogP contribution in [0.5, 0.6) is 0 Å². The lowest BCUT2D eigenvalue weighted by molar-refractivity contribution is -0.143. The molecule has 296 valence electrons. The molecule has 0 radical (unpaired) electrons. The number of nitrogens with one attached hydrogen (secondary N) is 2. The van der Waals surface area contributed by atoms with Gasteiger partial charge < -0.3 is 35.0 Å². The van der Waals surface area contributed by atoms with Gasteiger partial charge in [-0.15, -0.1) is 0 Å². The number of likely N-dealkylation sites (tertiary alicyclic amines) is 1. The van der Waals surface area contributed by atoms with Crippen molar-refractivity contribution in [1.82, 2.24) is 25.3 Å². The van der Waals surface area contributed by atoms with Crippen LogP contribution in [0.15, 0.2) is 42.6 Å². The third kappa shape index (κ3) is 11.5. The highest BCUT2D eigenvalue weighted by atomic mass is 16.5. The summed E-state index contributed by atoms with van der Waals surface area (Å²) < 4.78 is 12.1. The fourth-order valence-electron chi connectivity index (χ4n) is 7.95. The average molecular weight is 730 g/mol. The average Bonchev–Trinajstić information content (AvgIpc) is 3.59. The molecule has 2 rings (SSSR count). The molecule has 0 saturated carbocycles. The SMILES string of the molecule is C=C([C@@H](NC(=O)[C@H](C(C)C)N(C)C)C(C)C)N(C)[C@@H](C(C)CC)C(CC(=O)N1CCC[C@H]1[C@H](OC)[C@@H](C)C(=O)N[C@H](C)C(O)c1ccccc1)OC. The lowest BCUT2D eigenvalue weighted by Crippen LogP contribution is -2.56. The normalized spacial score (nSPS) is 20.1. The molecular formula is C41H71N5O6. The molecule has 0 bridgehead atoms. The zero-order valence-electron chi connectivity index (χ0n) is 34.4. The molecule has 1 fully saturated rings. The minimum absolute atomic E-state index is 0.0377. The van der Waals surface area contributed by atoms with Crippen LogP contribution in [0.3, 0.4) is 0 Å². The van der Waals surface area contributed by atoms with Crippen LogP contribution in [0.1, 0.15) is 92.7 Å². The molecule has 52 heavy (non-hydrogen) atoms. The number of aliphatic hydroxyl groups is 1. The van der Waals surface area contributed by atoms with E-state index in [0.717, 1.165) is 24.1 Å². The van der Waals surface area contributed by atoms with Crippen molar-refractivity contribution >= 4 is 17.7 Å². The first-order valence-corrected chi connectivity index (χ1v) is 19.2. The van der Waals surface area contributed by atoms with Gasteiger partial charge in [-0.25, -0.2) is 0 Å². The second-order valence-electron chi connectivity index (χ2n) is 15.8. The summed E-state index contributed by atoms with van der Waals surface area (Å²) in [5.41, 5.74) is 1.50. The number of aliphatic hydroxyl groups excluding tert-OH is 1. The van der Waals surface area contributed by atoms with Gasteiger partial charge in [0.15, 0.2) is 0 Å². The number of methoxy groups -OCH3 is 2. The molecule has 11 heteroatoms. The highest BCUT2D eigenvalue weighted by molar-refractivity contribution is 5.82. The molecule has 1 aromatic rings. The van der Waals surface area contributed by atoms with E-state index >= 15 is 0 Å². The quantitative estimate of drug-likeness (QED) is 0.164. The van der Waals surface area contributed by atoms with E-state index in [2.05, 4.69) is 49.8 Å². The van der Waals surface area contributed by atoms with E-state index in [9.17, 15) is 19.5 Å². The van der Waals surface area contributed by atoms with E-state index in [0.29, 0.717) is 13.0 Å². The third-order valence-electron chi connectivity index (χ3n) is 11.1. The molecule has 3 N–H and O–H groups in total. The van der Waals surface area contributed by atoms with Crippen molar-refractivity contribution in [2.24, 2.45) is 23.7 Å². The minimum atomic E-state index is -0.858. The second-order valence-corrected chi connectivity index (χ2v) is 15.8. The van der Waals surface area contributed by atoms with Crippen molar-refractivity contribution in [2.75, 3.05) is 41.9 Å². The van der Waals surface area contributed by atoms with Crippen LogP contribution in [-0.2, 0) is 23.9 Å². The number of amides is 3. The van der Waals surface area contributed by atoms with Gasteiger partial charge in [0.2, 0.25) is 17.7 Å². The van der Waals surface area contributed by atoms with Crippen LogP contribution in [0.25, 0.3) is 0 Å². The summed E-state index contributed by atoms with van der Waals surface area (Å²) in [5, 5.41) is 17.1. The van der Waals surface area contributed by atoms with E-state index in [-0.39, 0.29) is 66.1 Å². The highest BCUT2D eigenvalue weighted by Gasteiger charge is 2.42. The molecule has 1 aromatic carbocycles. The summed E-state index contributed by atoms with van der Waals surface area (Å²) in [6.45, 7) is 21.2. The molecule has 1 heterocycles. The molecule has 1 saturated heterocycles. The predicted molar refractivity (Wildman–Crippen MR) is 208 cm³/mol. The molecule has 0 aliphatic carbocycles. The molecule has 10 atom stereocenters. The summed E-state index contributed by atoms with van der Waals surface area (Å²) in [6.07, 6.45) is 0.668. The zero-order valence-corrected chi connectivity index (χ0v) is 34.4. The van der Waals surface area contributed by atoms with Crippen LogP contribution in [0, 0.1) is 23.7 Å². The maximum atomic E-state index is 14.2. The van der Waals surface area contributed by atoms with Gasteiger partial charge in [-0.3, -0.25) is 19.3 Å². The van der Waals surface area contributed by atoms with Crippen molar-refractivity contribution in [1.29, 1.82) is 0 Å². The van der Waals surface area contributed by atoms with Gasteiger partial charge >= 0.3 is 0 Å². The van der Waals surface area contributed by atoms with Gasteiger partial charge in [-0.1, -0.05) is 91.8 Å². The molecule has 0 spiro atoms. The predicted octanol–water partition coefficient (Wildman–Crippen LogP) is 4.86. The number of rotatable bonds is 21. The number of hydrogen-bond donors (Lipinski definition) is 3. The molecule has 1 aliphatic rings. The number of benzene rings is 1. The largest absolute Gasteiger partial charge is 0.386 e. The lowest BCUT2D eigenvalue weighted by Gasteiger charge is -2.43. The van der Waals surface area contributed by atoms with Crippen LogP contribution < -0.4 is 10.6 Å². The fourth-order valence-corrected chi connectivity index (χ4v) is 7.95. The van der Waals surface area contributed by atoms with Crippen LogP contribution in [0.2, 0.25) is 0 Å². The van der Waals surface area contributed by atoms with Crippen molar-refractivity contribution < 1.29 is 29.0 Å². The Bertz CT molecular complexity index is 1270. The molecule has 0 aromatic heterocycles. The van der Waals surface area contributed by atoms with E-state index in [1.165, 1.54) is 0 Å². The second kappa shape index (κ2) is 21.0. The maximum Gasteiger partial charge on any atom is 0.238 e. The van der Waals surface area contributed by atoms with Crippen LogP contribution >= 0.6 is 0 Å². The van der Waals surface area contributed by atoms with Gasteiger partial charge in [0, 0.05) is 33.5 Å². The van der Waals surface area contributed by atoms with Crippen molar-refractivity contribution in [2.45, 2.75) is 130 Å². The summed E-state index contributed by atoms with van der Waals surface area (Å²) >= 11 is 0. The first-order valence-electron chi connectivity index (χ1n) is 19.2. The van der Waals surface area contributed by atoms with Crippen molar-refractivity contribution in [3.63, 3.8) is 0 Å². The Morgan fingerprint density at radius 3 is 2.06 bits per heavy atom. The number of carbonyl (C=O) groups excluding carboxylic acids is 3. The van der Waals surface area contributed by atoms with E-state index < -0.39 is 30.3 Å². The molecule has 11 nitrogen and oxygen atoms in total. The number of hydrogen-bond acceptors (Lipinski definition) is 8. The molecule has 3 amide bonds. The number of nitrogens with zero attached hydrogens (tertiary/aromatic N) is 3. The zero-order chi connectivity index (χ0) is 39.4. The monoisotopic (exact) mass is 730 g/mol. The molecule has 3 unspecified atom stereocenters. The Hall–Kier alpha value is -2.99. The first kappa shape index (κ1) is 45.2. The van der Waals surface area contributed by atoms with Gasteiger partial charge in [0.1, 0.15) is 0 Å². The number of carbonyl (C=O) groups is 3. The first-order chi connectivity index (χ1) is 24.4. The third-order valence-corrected chi connectivity index (χ3v) is 11.1. The molecular weight excluding hydrogens is 658 g/mol. The number of ether oxygens (including phenoxy) is 2. The van der Waals surface area contributed by atoms with Crippen LogP contribution in [-0.4, -0.2) is 122 Å². The number of likely N-dealkylation sites (N-methyl/N-ethyl adjacent to an activating group) is 2. The Kier molecular flexibility index (Phi) is 18.3. The van der Waals surface area contributed by atoms with Crippen LogP contribution in [0.4, 0.5) is 0 Å². The topological polar surface area (TPSA) is 124 Å². The smallest absolute Gasteiger partial charge is 0.238 e. The van der Waals surface area contributed by atoms with Crippen molar-refractivity contribution in [3.05, 3.63) is 48.2 Å². The van der Waals surface area contributed by atoms with E-state index in [4.69, 9.17) is 9.47 Å². The minimum Gasteiger partial charge on any atom is -0.386 e. The molecule has 1 aliphatic heterocycles. The Balaban J connectivity index is 2.25. The van der Waals surface area contributed by atoms with Gasteiger partial charge in [0.05, 0.1) is 60.9 Å². The lowest BCUT2D eigenvalue weighted by atomic mass is 9.88.